The summed E-state index contributed by atoms with van der Waals surface area (Å²) >= 11 is 1.03. The molecule has 1 aliphatic rings. The first kappa shape index (κ1) is 22.2. The molecule has 11 heteroatoms. The lowest BCUT2D eigenvalue weighted by molar-refractivity contribution is -0.384. The van der Waals surface area contributed by atoms with E-state index in [9.17, 15) is 24.8 Å². The molecule has 1 N–H and O–H groups in total. The molecule has 10 nitrogen and oxygen atoms in total. The maximum absolute atomic E-state index is 13.2. The fourth-order valence-corrected chi connectivity index (χ4v) is 4.92. The molecule has 1 atom stereocenters. The average molecular weight is 488 g/mol. The summed E-state index contributed by atoms with van der Waals surface area (Å²) in [4.78, 5) is 47.1. The number of aliphatic hydroxyl groups excluding tert-OH is 1. The first-order valence-corrected chi connectivity index (χ1v) is 11.1. The summed E-state index contributed by atoms with van der Waals surface area (Å²) in [6.45, 7) is 0. The highest BCUT2D eigenvalue weighted by atomic mass is 32.1. The standard InChI is InChI=1S/C24H16N4O6S/c1-34-15-6-4-5-13(11-15)21(29)19-20(17-7-2-3-10-25-17)27(23(31)22(19)30)24-26-16-9-8-14(28(32)33)12-18(16)35-24/h2-12,20,29H,1H3/b21-19+. The number of methoxy groups -OCH3 is 1. The van der Waals surface area contributed by atoms with Gasteiger partial charge in [-0.15, -0.1) is 0 Å². The maximum Gasteiger partial charge on any atom is 0.301 e. The van der Waals surface area contributed by atoms with Crippen molar-refractivity contribution in [1.82, 2.24) is 9.97 Å². The van der Waals surface area contributed by atoms with Crippen molar-refractivity contribution in [3.8, 4) is 5.75 Å². The molecule has 0 saturated carbocycles. The monoisotopic (exact) mass is 488 g/mol. The van der Waals surface area contributed by atoms with E-state index >= 15 is 0 Å². The number of ketones is 1. The number of aliphatic hydroxyl groups is 1. The Hall–Kier alpha value is -4.64. The number of aromatic nitrogens is 2. The summed E-state index contributed by atoms with van der Waals surface area (Å²) in [7, 11) is 1.48. The summed E-state index contributed by atoms with van der Waals surface area (Å²) in [6.07, 6.45) is 1.52. The Labute approximate surface area is 201 Å². The van der Waals surface area contributed by atoms with E-state index in [-0.39, 0.29) is 22.2 Å². The van der Waals surface area contributed by atoms with Gasteiger partial charge < -0.3 is 9.84 Å². The van der Waals surface area contributed by atoms with Crippen molar-refractivity contribution in [3.63, 3.8) is 0 Å². The number of anilines is 1. The number of nitro benzene ring substituents is 1. The number of fused-ring (bicyclic) bond motifs is 1. The van der Waals surface area contributed by atoms with Gasteiger partial charge in [0.05, 0.1) is 33.5 Å². The zero-order valence-electron chi connectivity index (χ0n) is 18.1. The van der Waals surface area contributed by atoms with Crippen LogP contribution in [0.1, 0.15) is 17.3 Å². The van der Waals surface area contributed by atoms with Crippen LogP contribution in [-0.2, 0) is 9.59 Å². The number of rotatable bonds is 5. The summed E-state index contributed by atoms with van der Waals surface area (Å²) in [5.74, 6) is -1.70. The Morgan fingerprint density at radius 1 is 1.14 bits per heavy atom. The number of nitro groups is 1. The molecule has 2 aromatic heterocycles. The number of pyridine rings is 1. The molecular formula is C24H16N4O6S. The topological polar surface area (TPSA) is 136 Å². The minimum Gasteiger partial charge on any atom is -0.507 e. The van der Waals surface area contributed by atoms with Crippen LogP contribution in [0, 0.1) is 10.1 Å². The van der Waals surface area contributed by atoms with Crippen LogP contribution in [-0.4, -0.2) is 38.8 Å². The summed E-state index contributed by atoms with van der Waals surface area (Å²) in [5, 5.41) is 22.5. The molecular weight excluding hydrogens is 472 g/mol. The largest absolute Gasteiger partial charge is 0.507 e. The third-order valence-corrected chi connectivity index (χ3v) is 6.55. The van der Waals surface area contributed by atoms with Crippen LogP contribution < -0.4 is 9.64 Å². The van der Waals surface area contributed by atoms with Gasteiger partial charge in [-0.2, -0.15) is 0 Å². The smallest absolute Gasteiger partial charge is 0.301 e. The van der Waals surface area contributed by atoms with E-state index in [1.54, 1.807) is 42.5 Å². The van der Waals surface area contributed by atoms with Gasteiger partial charge >= 0.3 is 5.91 Å². The Morgan fingerprint density at radius 3 is 2.69 bits per heavy atom. The van der Waals surface area contributed by atoms with Gasteiger partial charge in [-0.3, -0.25) is 29.6 Å². The van der Waals surface area contributed by atoms with Crippen molar-refractivity contribution < 1.29 is 24.4 Å². The van der Waals surface area contributed by atoms with Crippen LogP contribution >= 0.6 is 11.3 Å². The third-order valence-electron chi connectivity index (χ3n) is 5.53. The van der Waals surface area contributed by atoms with Crippen LogP contribution in [0.25, 0.3) is 16.0 Å². The minimum atomic E-state index is -1.06. The predicted octanol–water partition coefficient (Wildman–Crippen LogP) is 4.23. The molecule has 1 saturated heterocycles. The number of non-ortho nitro benzene ring substituents is 1. The van der Waals surface area contributed by atoms with Crippen LogP contribution in [0.3, 0.4) is 0 Å². The Morgan fingerprint density at radius 2 is 1.97 bits per heavy atom. The van der Waals surface area contributed by atoms with Gasteiger partial charge in [0.25, 0.3) is 11.5 Å². The predicted molar refractivity (Wildman–Crippen MR) is 128 cm³/mol. The average Bonchev–Trinajstić information content (AvgIpc) is 3.41. The lowest BCUT2D eigenvalue weighted by atomic mass is 9.98. The van der Waals surface area contributed by atoms with E-state index in [4.69, 9.17) is 4.74 Å². The molecule has 3 heterocycles. The number of benzene rings is 2. The van der Waals surface area contributed by atoms with Gasteiger partial charge in [0.1, 0.15) is 17.6 Å². The molecule has 174 valence electrons. The van der Waals surface area contributed by atoms with Crippen LogP contribution in [0.4, 0.5) is 10.8 Å². The molecule has 1 aliphatic heterocycles. The van der Waals surface area contributed by atoms with E-state index in [2.05, 4.69) is 9.97 Å². The molecule has 2 aromatic carbocycles. The summed E-state index contributed by atoms with van der Waals surface area (Å²) < 4.78 is 5.69. The van der Waals surface area contributed by atoms with Crippen molar-refractivity contribution >= 4 is 49.8 Å². The zero-order valence-corrected chi connectivity index (χ0v) is 18.9. The number of carbonyl (C=O) groups is 2. The molecule has 5 rings (SSSR count). The molecule has 1 amide bonds. The van der Waals surface area contributed by atoms with Gasteiger partial charge in [0, 0.05) is 23.9 Å². The van der Waals surface area contributed by atoms with E-state index in [0.29, 0.717) is 27.2 Å². The third kappa shape index (κ3) is 3.77. The molecule has 4 aromatic rings. The fourth-order valence-electron chi connectivity index (χ4n) is 3.89. The number of carbonyl (C=O) groups excluding carboxylic acids is 2. The normalized spacial score (nSPS) is 17.2. The van der Waals surface area contributed by atoms with Crippen LogP contribution in [0.2, 0.25) is 0 Å². The number of thiazole rings is 1. The maximum atomic E-state index is 13.2. The Balaban J connectivity index is 1.70. The van der Waals surface area contributed by atoms with E-state index in [1.807, 2.05) is 0 Å². The number of Topliss-reactive ketones (excluding diaryl/α,β-unsaturated/α-hetero) is 1. The van der Waals surface area contributed by atoms with Crippen molar-refractivity contribution in [2.45, 2.75) is 6.04 Å². The van der Waals surface area contributed by atoms with E-state index < -0.39 is 22.7 Å². The molecule has 0 radical (unpaired) electrons. The van der Waals surface area contributed by atoms with Crippen molar-refractivity contribution in [2.75, 3.05) is 12.0 Å². The molecule has 35 heavy (non-hydrogen) atoms. The second-order valence-corrected chi connectivity index (χ2v) is 8.57. The number of ether oxygens (including phenoxy) is 1. The van der Waals surface area contributed by atoms with Gasteiger partial charge in [0.15, 0.2) is 5.13 Å². The second kappa shape index (κ2) is 8.61. The van der Waals surface area contributed by atoms with Crippen LogP contribution in [0.5, 0.6) is 5.75 Å². The van der Waals surface area contributed by atoms with Gasteiger partial charge in [0.2, 0.25) is 0 Å². The Kier molecular flexibility index (Phi) is 5.46. The van der Waals surface area contributed by atoms with Crippen molar-refractivity contribution in [1.29, 1.82) is 0 Å². The molecule has 0 bridgehead atoms. The molecule has 0 aliphatic carbocycles. The van der Waals surface area contributed by atoms with Gasteiger partial charge in [-0.1, -0.05) is 29.5 Å². The highest BCUT2D eigenvalue weighted by Crippen LogP contribution is 2.44. The number of amides is 1. The number of nitrogens with zero attached hydrogens (tertiary/aromatic N) is 4. The first-order valence-electron chi connectivity index (χ1n) is 10.3. The first-order chi connectivity index (χ1) is 16.9. The summed E-state index contributed by atoms with van der Waals surface area (Å²) in [5.41, 5.74) is 0.816. The lowest BCUT2D eigenvalue weighted by Gasteiger charge is -2.22. The zero-order chi connectivity index (χ0) is 24.7. The second-order valence-electron chi connectivity index (χ2n) is 7.56. The molecule has 0 spiro atoms. The highest BCUT2D eigenvalue weighted by Gasteiger charge is 2.48. The van der Waals surface area contributed by atoms with Crippen molar-refractivity contribution in [3.05, 3.63) is 93.8 Å². The van der Waals surface area contributed by atoms with Gasteiger partial charge in [-0.25, -0.2) is 4.98 Å². The fraction of sp³-hybridized carbons (Fsp3) is 0.0833. The number of hydrogen-bond donors (Lipinski definition) is 1. The highest BCUT2D eigenvalue weighted by molar-refractivity contribution is 7.22. The minimum absolute atomic E-state index is 0.117. The Bertz CT molecular complexity index is 1530. The van der Waals surface area contributed by atoms with E-state index in [1.165, 1.54) is 36.4 Å². The SMILES string of the molecule is COc1cccc(/C(O)=C2\C(=O)C(=O)N(c3nc4ccc([N+](=O)[O-])cc4s3)C2c2ccccn2)c1. The van der Waals surface area contributed by atoms with E-state index in [0.717, 1.165) is 11.3 Å². The van der Waals surface area contributed by atoms with Crippen molar-refractivity contribution in [2.24, 2.45) is 0 Å². The molecule has 1 fully saturated rings. The van der Waals surface area contributed by atoms with Gasteiger partial charge in [-0.05, 0) is 30.3 Å². The van der Waals surface area contributed by atoms with Crippen LogP contribution in [0.15, 0.2) is 72.4 Å². The number of hydrogen-bond acceptors (Lipinski definition) is 9. The molecule has 1 unspecified atom stereocenters. The lowest BCUT2D eigenvalue weighted by Crippen LogP contribution is -2.29. The quantitative estimate of drug-likeness (QED) is 0.145. The summed E-state index contributed by atoms with van der Waals surface area (Å²) in [6, 6.07) is 14.6.